The molecule has 2 aliphatic rings. The van der Waals surface area contributed by atoms with E-state index >= 15 is 0 Å². The van der Waals surface area contributed by atoms with Crippen molar-refractivity contribution in [1.29, 1.82) is 10.5 Å². The van der Waals surface area contributed by atoms with Crippen LogP contribution in [0.2, 0.25) is 5.02 Å². The number of dihydropyridines is 1. The lowest BCUT2D eigenvalue weighted by molar-refractivity contribution is -0.113. The van der Waals surface area contributed by atoms with Crippen LogP contribution in [0.3, 0.4) is 0 Å². The summed E-state index contributed by atoms with van der Waals surface area (Å²) in [6.45, 7) is 1.82. The predicted molar refractivity (Wildman–Crippen MR) is 148 cm³/mol. The van der Waals surface area contributed by atoms with Crippen LogP contribution in [-0.4, -0.2) is 18.8 Å². The zero-order valence-electron chi connectivity index (χ0n) is 20.4. The Labute approximate surface area is 226 Å². The summed E-state index contributed by atoms with van der Waals surface area (Å²) in [5.41, 5.74) is 3.66. The second kappa shape index (κ2) is 11.9. The van der Waals surface area contributed by atoms with Crippen molar-refractivity contribution in [2.75, 3.05) is 18.2 Å². The largest absolute Gasteiger partial charge is 0.495 e. The molecule has 2 N–H and O–H groups in total. The number of halogens is 1. The van der Waals surface area contributed by atoms with Gasteiger partial charge >= 0.3 is 0 Å². The molecule has 0 saturated heterocycles. The molecule has 1 aliphatic carbocycles. The smallest absolute Gasteiger partial charge is 0.254 e. The Kier molecular flexibility index (Phi) is 8.40. The molecule has 37 heavy (non-hydrogen) atoms. The number of para-hydroxylation sites is 2. The van der Waals surface area contributed by atoms with Gasteiger partial charge < -0.3 is 15.4 Å². The molecule has 4 rings (SSSR count). The Balaban J connectivity index is 1.72. The fourth-order valence-electron chi connectivity index (χ4n) is 4.37. The van der Waals surface area contributed by atoms with Gasteiger partial charge in [-0.3, -0.25) is 4.79 Å². The fourth-order valence-corrected chi connectivity index (χ4v) is 5.67. The summed E-state index contributed by atoms with van der Waals surface area (Å²) in [4.78, 5) is 13.7. The van der Waals surface area contributed by atoms with E-state index in [1.807, 2.05) is 55.5 Å². The Morgan fingerprint density at radius 2 is 1.97 bits per heavy atom. The molecule has 1 aliphatic heterocycles. The molecule has 2 atom stereocenters. The van der Waals surface area contributed by atoms with Crippen molar-refractivity contribution in [3.05, 3.63) is 105 Å². The van der Waals surface area contributed by atoms with E-state index < -0.39 is 5.92 Å². The van der Waals surface area contributed by atoms with Gasteiger partial charge in [-0.1, -0.05) is 60.2 Å². The SMILES string of the molecule is COc1ccccc1NC(=O)C1=C(C)NC(SCC2=CC(C#N)CC=C2)=C(C#N)C1c1ccccc1Cl. The highest BCUT2D eigenvalue weighted by molar-refractivity contribution is 8.03. The van der Waals surface area contributed by atoms with Crippen molar-refractivity contribution >= 4 is 35.0 Å². The average Bonchev–Trinajstić information content (AvgIpc) is 2.92. The van der Waals surface area contributed by atoms with E-state index in [0.29, 0.717) is 56.1 Å². The van der Waals surface area contributed by atoms with Crippen molar-refractivity contribution in [3.8, 4) is 17.9 Å². The topological polar surface area (TPSA) is 97.9 Å². The van der Waals surface area contributed by atoms with Crippen LogP contribution in [0.1, 0.15) is 24.8 Å². The van der Waals surface area contributed by atoms with Crippen LogP contribution < -0.4 is 15.4 Å². The van der Waals surface area contributed by atoms with Gasteiger partial charge in [-0.15, -0.1) is 11.8 Å². The maximum Gasteiger partial charge on any atom is 0.254 e. The first-order chi connectivity index (χ1) is 18.0. The molecular formula is C29H25ClN4O2S. The highest BCUT2D eigenvalue weighted by Crippen LogP contribution is 2.43. The number of carbonyl (C=O) groups excluding carboxylic acids is 1. The molecule has 1 amide bonds. The molecule has 2 aromatic carbocycles. The number of hydrogen-bond donors (Lipinski definition) is 2. The number of nitrogens with zero attached hydrogens (tertiary/aromatic N) is 2. The molecule has 0 radical (unpaired) electrons. The molecule has 2 unspecified atom stereocenters. The molecule has 0 saturated carbocycles. The van der Waals surface area contributed by atoms with Crippen LogP contribution in [0.25, 0.3) is 0 Å². The first-order valence-corrected chi connectivity index (χ1v) is 13.0. The number of anilines is 1. The lowest BCUT2D eigenvalue weighted by atomic mass is 9.82. The Bertz CT molecular complexity index is 1430. The number of hydrogen-bond acceptors (Lipinski definition) is 6. The van der Waals surface area contributed by atoms with E-state index in [-0.39, 0.29) is 11.8 Å². The number of nitrogens with one attached hydrogen (secondary N) is 2. The molecule has 2 aromatic rings. The number of ether oxygens (including phenoxy) is 1. The molecule has 0 aromatic heterocycles. The van der Waals surface area contributed by atoms with Crippen molar-refractivity contribution in [2.45, 2.75) is 19.3 Å². The molecular weight excluding hydrogens is 504 g/mol. The van der Waals surface area contributed by atoms with Crippen molar-refractivity contribution < 1.29 is 9.53 Å². The van der Waals surface area contributed by atoms with Crippen LogP contribution in [0.15, 0.2) is 94.2 Å². The molecule has 0 bridgehead atoms. The van der Waals surface area contributed by atoms with Crippen molar-refractivity contribution in [3.63, 3.8) is 0 Å². The van der Waals surface area contributed by atoms with Crippen molar-refractivity contribution in [1.82, 2.24) is 5.32 Å². The van der Waals surface area contributed by atoms with Crippen LogP contribution in [0.4, 0.5) is 5.69 Å². The number of rotatable bonds is 7. The number of thioether (sulfide) groups is 1. The van der Waals surface area contributed by atoms with E-state index in [1.54, 1.807) is 25.3 Å². The monoisotopic (exact) mass is 528 g/mol. The summed E-state index contributed by atoms with van der Waals surface area (Å²) < 4.78 is 5.39. The second-order valence-electron chi connectivity index (χ2n) is 8.53. The Morgan fingerprint density at radius 1 is 1.22 bits per heavy atom. The highest BCUT2D eigenvalue weighted by Gasteiger charge is 2.36. The first-order valence-electron chi connectivity index (χ1n) is 11.7. The number of carbonyl (C=O) groups is 1. The first kappa shape index (κ1) is 26.2. The van der Waals surface area contributed by atoms with Crippen LogP contribution in [-0.2, 0) is 4.79 Å². The second-order valence-corrected chi connectivity index (χ2v) is 9.92. The zero-order chi connectivity index (χ0) is 26.4. The third-order valence-corrected chi connectivity index (χ3v) is 7.58. The summed E-state index contributed by atoms with van der Waals surface area (Å²) in [5.74, 6) is -0.0602. The third kappa shape index (κ3) is 5.75. The van der Waals surface area contributed by atoms with Gasteiger partial charge in [-0.05, 0) is 42.7 Å². The maximum absolute atomic E-state index is 13.7. The van der Waals surface area contributed by atoms with Gasteiger partial charge in [-0.2, -0.15) is 10.5 Å². The summed E-state index contributed by atoms with van der Waals surface area (Å²) in [7, 11) is 1.54. The van der Waals surface area contributed by atoms with Crippen LogP contribution >= 0.6 is 23.4 Å². The zero-order valence-corrected chi connectivity index (χ0v) is 22.0. The van der Waals surface area contributed by atoms with Gasteiger partial charge in [0.25, 0.3) is 5.91 Å². The summed E-state index contributed by atoms with van der Waals surface area (Å²) in [5, 5.41) is 27.0. The van der Waals surface area contributed by atoms with Gasteiger partial charge in [0.15, 0.2) is 0 Å². The van der Waals surface area contributed by atoms with Gasteiger partial charge in [0.1, 0.15) is 5.75 Å². The van der Waals surface area contributed by atoms with Crippen LogP contribution in [0.5, 0.6) is 5.75 Å². The normalized spacial score (nSPS) is 18.9. The summed E-state index contributed by atoms with van der Waals surface area (Å²) in [6, 6.07) is 19.0. The molecule has 6 nitrogen and oxygen atoms in total. The maximum atomic E-state index is 13.7. The number of nitriles is 2. The van der Waals surface area contributed by atoms with Gasteiger partial charge in [-0.25, -0.2) is 0 Å². The molecule has 1 heterocycles. The lowest BCUT2D eigenvalue weighted by Crippen LogP contribution is -2.31. The average molecular weight is 529 g/mol. The number of benzene rings is 2. The van der Waals surface area contributed by atoms with E-state index in [9.17, 15) is 15.3 Å². The van der Waals surface area contributed by atoms with Crippen molar-refractivity contribution in [2.24, 2.45) is 5.92 Å². The molecule has 0 spiro atoms. The van der Waals surface area contributed by atoms with E-state index in [1.165, 1.54) is 11.8 Å². The molecule has 0 fully saturated rings. The van der Waals surface area contributed by atoms with Gasteiger partial charge in [0.05, 0.1) is 47.4 Å². The molecule has 8 heteroatoms. The standard InChI is InChI=1S/C29H25ClN4O2S/c1-18-26(28(35)34-24-12-5-6-13-25(24)36-2)27(21-10-3-4-11-23(21)30)22(16-32)29(33-18)37-17-20-9-7-8-19(14-20)15-31/h3-7,9-14,19,27,33H,8,17H2,1-2H3,(H,34,35). The third-order valence-electron chi connectivity index (χ3n) is 6.15. The number of methoxy groups -OCH3 is 1. The Morgan fingerprint density at radius 3 is 2.70 bits per heavy atom. The highest BCUT2D eigenvalue weighted by atomic mass is 35.5. The van der Waals surface area contributed by atoms with E-state index in [0.717, 1.165) is 5.57 Å². The minimum atomic E-state index is -0.667. The molecule has 186 valence electrons. The minimum Gasteiger partial charge on any atom is -0.495 e. The summed E-state index contributed by atoms with van der Waals surface area (Å²) >= 11 is 8.07. The van der Waals surface area contributed by atoms with E-state index in [2.05, 4.69) is 22.8 Å². The fraction of sp³-hybridized carbons (Fsp3) is 0.207. The van der Waals surface area contributed by atoms with E-state index in [4.69, 9.17) is 16.3 Å². The predicted octanol–water partition coefficient (Wildman–Crippen LogP) is 6.44. The quantitative estimate of drug-likeness (QED) is 0.429. The van der Waals surface area contributed by atoms with Gasteiger partial charge in [0.2, 0.25) is 0 Å². The lowest BCUT2D eigenvalue weighted by Gasteiger charge is -2.30. The van der Waals surface area contributed by atoms with Crippen LogP contribution in [0, 0.1) is 28.6 Å². The van der Waals surface area contributed by atoms with Gasteiger partial charge in [0, 0.05) is 22.0 Å². The number of allylic oxidation sites excluding steroid dienone is 5. The number of amides is 1. The minimum absolute atomic E-state index is 0.146. The Hall–Kier alpha value is -3.91. The summed E-state index contributed by atoms with van der Waals surface area (Å²) in [6.07, 6.45) is 6.67.